The summed E-state index contributed by atoms with van der Waals surface area (Å²) in [5.41, 5.74) is 1.60. The zero-order valence-electron chi connectivity index (χ0n) is 14.3. The minimum atomic E-state index is 0.458. The minimum Gasteiger partial charge on any atom is -0.372 e. The fraction of sp³-hybridized carbons (Fsp3) is 0.421. The molecule has 1 aromatic heterocycles. The van der Waals surface area contributed by atoms with Crippen LogP contribution in [-0.2, 0) is 0 Å². The number of nitrogens with zero attached hydrogens (tertiary/aromatic N) is 4. The number of anilines is 1. The molecule has 1 aromatic rings. The summed E-state index contributed by atoms with van der Waals surface area (Å²) >= 11 is 3.68. The SMILES string of the molecule is C/C=C1/C(Br)=C(NC)N=C([C@@H]2C[C@@H]3C[C@@H]3C2)N1c1ccc(C#N)cn1. The quantitative estimate of drug-likeness (QED) is 0.839. The molecule has 0 unspecified atom stereocenters. The van der Waals surface area contributed by atoms with Crippen LogP contribution in [0.5, 0.6) is 0 Å². The van der Waals surface area contributed by atoms with E-state index in [4.69, 9.17) is 10.3 Å². The molecule has 6 heteroatoms. The number of fused-ring (bicyclic) bond motifs is 1. The standard InChI is InChI=1S/C19H20BrN5/c1-3-15-17(20)18(22-2)24-19(14-7-12-6-13(12)8-14)25(15)16-5-4-11(9-21)10-23-16/h3-5,10,12-14,22H,6-8H2,1-2H3/b15-3-/t12-,13+,14+. The molecule has 4 rings (SSSR count). The second-order valence-electron chi connectivity index (χ2n) is 6.83. The van der Waals surface area contributed by atoms with Crippen molar-refractivity contribution in [3.63, 3.8) is 0 Å². The number of hydrogen-bond donors (Lipinski definition) is 1. The van der Waals surface area contributed by atoms with Gasteiger partial charge < -0.3 is 5.32 Å². The van der Waals surface area contributed by atoms with E-state index in [1.807, 2.05) is 26.1 Å². The third-order valence-corrected chi connectivity index (χ3v) is 6.14. The van der Waals surface area contributed by atoms with Gasteiger partial charge in [-0.05, 0) is 66.1 Å². The summed E-state index contributed by atoms with van der Waals surface area (Å²) in [7, 11) is 1.90. The molecule has 2 fully saturated rings. The summed E-state index contributed by atoms with van der Waals surface area (Å²) in [6.45, 7) is 2.02. The summed E-state index contributed by atoms with van der Waals surface area (Å²) in [5, 5.41) is 12.2. The molecule has 0 radical (unpaired) electrons. The van der Waals surface area contributed by atoms with Gasteiger partial charge in [-0.25, -0.2) is 9.98 Å². The average Bonchev–Trinajstić information content (AvgIpc) is 3.26. The first-order valence-corrected chi connectivity index (χ1v) is 9.44. The summed E-state index contributed by atoms with van der Waals surface area (Å²) < 4.78 is 0.926. The molecule has 3 atom stereocenters. The molecule has 1 aliphatic heterocycles. The normalized spacial score (nSPS) is 29.4. The fourth-order valence-electron chi connectivity index (χ4n) is 4.00. The summed E-state index contributed by atoms with van der Waals surface area (Å²) in [4.78, 5) is 11.6. The molecule has 25 heavy (non-hydrogen) atoms. The Morgan fingerprint density at radius 2 is 2.08 bits per heavy atom. The van der Waals surface area contributed by atoms with Crippen LogP contribution in [0.25, 0.3) is 0 Å². The topological polar surface area (TPSA) is 64.3 Å². The second-order valence-corrected chi connectivity index (χ2v) is 7.63. The number of halogens is 1. The van der Waals surface area contributed by atoms with Crippen LogP contribution in [0.2, 0.25) is 0 Å². The van der Waals surface area contributed by atoms with Crippen molar-refractivity contribution in [1.82, 2.24) is 10.3 Å². The molecule has 0 amide bonds. The molecule has 3 aliphatic rings. The second kappa shape index (κ2) is 6.30. The van der Waals surface area contributed by atoms with Gasteiger partial charge >= 0.3 is 0 Å². The van der Waals surface area contributed by atoms with Crippen molar-refractivity contribution >= 4 is 27.6 Å². The molecule has 128 valence electrons. The average molecular weight is 398 g/mol. The van der Waals surface area contributed by atoms with E-state index in [1.165, 1.54) is 19.3 Å². The van der Waals surface area contributed by atoms with E-state index >= 15 is 0 Å². The number of rotatable bonds is 3. The zero-order valence-corrected chi connectivity index (χ0v) is 15.9. The van der Waals surface area contributed by atoms with Crippen LogP contribution in [0.1, 0.15) is 31.7 Å². The van der Waals surface area contributed by atoms with Crippen molar-refractivity contribution in [2.45, 2.75) is 26.2 Å². The van der Waals surface area contributed by atoms with Crippen LogP contribution in [0.3, 0.4) is 0 Å². The maximum absolute atomic E-state index is 9.04. The molecule has 0 bridgehead atoms. The number of amidine groups is 1. The predicted octanol–water partition coefficient (Wildman–Crippen LogP) is 3.91. The van der Waals surface area contributed by atoms with E-state index in [0.29, 0.717) is 11.5 Å². The summed E-state index contributed by atoms with van der Waals surface area (Å²) in [6.07, 6.45) is 7.50. The number of aromatic nitrogens is 1. The van der Waals surface area contributed by atoms with Crippen LogP contribution < -0.4 is 10.2 Å². The third-order valence-electron chi connectivity index (χ3n) is 5.35. The van der Waals surface area contributed by atoms with Gasteiger partial charge in [-0.2, -0.15) is 5.26 Å². The Kier molecular flexibility index (Phi) is 4.12. The highest BCUT2D eigenvalue weighted by molar-refractivity contribution is 9.12. The van der Waals surface area contributed by atoms with E-state index < -0.39 is 0 Å². The third kappa shape index (κ3) is 2.77. The fourth-order valence-corrected chi connectivity index (χ4v) is 4.70. The van der Waals surface area contributed by atoms with Crippen molar-refractivity contribution in [2.75, 3.05) is 11.9 Å². The lowest BCUT2D eigenvalue weighted by Crippen LogP contribution is -2.39. The molecule has 1 N–H and O–H groups in total. The van der Waals surface area contributed by atoms with Gasteiger partial charge in [0.2, 0.25) is 0 Å². The first-order valence-electron chi connectivity index (χ1n) is 8.65. The zero-order chi connectivity index (χ0) is 17.6. The minimum absolute atomic E-state index is 0.458. The molecule has 2 aliphatic carbocycles. The largest absolute Gasteiger partial charge is 0.372 e. The molecule has 5 nitrogen and oxygen atoms in total. The lowest BCUT2D eigenvalue weighted by Gasteiger charge is -2.34. The molecule has 2 saturated carbocycles. The molecular formula is C19H20BrN5. The maximum atomic E-state index is 9.04. The number of allylic oxidation sites excluding steroid dienone is 2. The van der Waals surface area contributed by atoms with Gasteiger partial charge in [0.1, 0.15) is 23.5 Å². The van der Waals surface area contributed by atoms with Crippen molar-refractivity contribution in [2.24, 2.45) is 22.7 Å². The van der Waals surface area contributed by atoms with E-state index in [1.54, 1.807) is 6.20 Å². The number of hydrogen-bond acceptors (Lipinski definition) is 5. The molecule has 0 aromatic carbocycles. The van der Waals surface area contributed by atoms with Gasteiger partial charge in [-0.3, -0.25) is 4.90 Å². The van der Waals surface area contributed by atoms with Gasteiger partial charge in [0, 0.05) is 19.2 Å². The van der Waals surface area contributed by atoms with Crippen molar-refractivity contribution in [1.29, 1.82) is 5.26 Å². The molecule has 0 saturated heterocycles. The monoisotopic (exact) mass is 397 g/mol. The molecular weight excluding hydrogens is 378 g/mol. The molecule has 0 spiro atoms. The Bertz CT molecular complexity index is 820. The Hall–Kier alpha value is -2.13. The highest BCUT2D eigenvalue weighted by Gasteiger charge is 2.49. The number of pyridine rings is 1. The van der Waals surface area contributed by atoms with Gasteiger partial charge in [-0.1, -0.05) is 6.08 Å². The lowest BCUT2D eigenvalue weighted by atomic mass is 9.99. The predicted molar refractivity (Wildman–Crippen MR) is 102 cm³/mol. The van der Waals surface area contributed by atoms with Crippen LogP contribution >= 0.6 is 15.9 Å². The summed E-state index contributed by atoms with van der Waals surface area (Å²) in [5.74, 6) is 4.94. The Morgan fingerprint density at radius 1 is 1.32 bits per heavy atom. The Labute approximate surface area is 156 Å². The highest BCUT2D eigenvalue weighted by Crippen LogP contribution is 2.55. The van der Waals surface area contributed by atoms with Gasteiger partial charge in [0.05, 0.1) is 15.7 Å². The lowest BCUT2D eigenvalue weighted by molar-refractivity contribution is 0.613. The number of nitriles is 1. The van der Waals surface area contributed by atoms with Crippen LogP contribution in [0, 0.1) is 29.1 Å². The maximum Gasteiger partial charge on any atom is 0.144 e. The Morgan fingerprint density at radius 3 is 2.64 bits per heavy atom. The van der Waals surface area contributed by atoms with Crippen LogP contribution in [0.15, 0.2) is 45.4 Å². The van der Waals surface area contributed by atoms with Crippen LogP contribution in [0.4, 0.5) is 5.82 Å². The Balaban J connectivity index is 1.78. The highest BCUT2D eigenvalue weighted by atomic mass is 79.9. The van der Waals surface area contributed by atoms with Crippen LogP contribution in [-0.4, -0.2) is 17.9 Å². The smallest absolute Gasteiger partial charge is 0.144 e. The van der Waals surface area contributed by atoms with E-state index in [2.05, 4.69) is 43.3 Å². The summed E-state index contributed by atoms with van der Waals surface area (Å²) in [6, 6.07) is 5.84. The van der Waals surface area contributed by atoms with E-state index in [9.17, 15) is 0 Å². The number of aliphatic imine (C=N–C) groups is 1. The molecule has 2 heterocycles. The van der Waals surface area contributed by atoms with E-state index in [-0.39, 0.29) is 0 Å². The first kappa shape index (κ1) is 16.3. The van der Waals surface area contributed by atoms with E-state index in [0.717, 1.165) is 39.5 Å². The van der Waals surface area contributed by atoms with Crippen molar-refractivity contribution in [3.8, 4) is 6.07 Å². The van der Waals surface area contributed by atoms with Crippen molar-refractivity contribution < 1.29 is 0 Å². The van der Waals surface area contributed by atoms with Gasteiger partial charge in [0.25, 0.3) is 0 Å². The first-order chi connectivity index (χ1) is 12.2. The number of nitrogens with one attached hydrogen (secondary N) is 1. The van der Waals surface area contributed by atoms with Crippen molar-refractivity contribution in [3.05, 3.63) is 46.0 Å². The van der Waals surface area contributed by atoms with Gasteiger partial charge in [0.15, 0.2) is 0 Å². The van der Waals surface area contributed by atoms with Gasteiger partial charge in [-0.15, -0.1) is 0 Å².